The van der Waals surface area contributed by atoms with Gasteiger partial charge in [0.2, 0.25) is 0 Å². The van der Waals surface area contributed by atoms with Gasteiger partial charge < -0.3 is 21.3 Å². The molecule has 44 heavy (non-hydrogen) atoms. The van der Waals surface area contributed by atoms with Crippen molar-refractivity contribution in [2.45, 2.75) is 51.6 Å². The Morgan fingerprint density at radius 1 is 0.477 bits per heavy atom. The van der Waals surface area contributed by atoms with Crippen molar-refractivity contribution in [3.8, 4) is 22.3 Å². The molecule has 2 aliphatic rings. The van der Waals surface area contributed by atoms with Crippen molar-refractivity contribution in [1.29, 1.82) is 0 Å². The van der Waals surface area contributed by atoms with Crippen molar-refractivity contribution >= 4 is 0 Å². The van der Waals surface area contributed by atoms with Gasteiger partial charge in [0.1, 0.15) is 0 Å². The van der Waals surface area contributed by atoms with Crippen LogP contribution in [0.3, 0.4) is 0 Å². The summed E-state index contributed by atoms with van der Waals surface area (Å²) >= 11 is 0. The normalized spacial score (nSPS) is 16.8. The number of nitrogens with two attached hydrogens (primary N) is 2. The van der Waals surface area contributed by atoms with Gasteiger partial charge in [0.05, 0.1) is 0 Å². The quantitative estimate of drug-likeness (QED) is 0.225. The van der Waals surface area contributed by atoms with E-state index < -0.39 is 0 Å². The van der Waals surface area contributed by atoms with Crippen molar-refractivity contribution in [3.05, 3.63) is 119 Å². The Hall–Kier alpha value is -3.28. The van der Waals surface area contributed by atoms with Crippen LogP contribution in [0.15, 0.2) is 97.1 Å². The van der Waals surface area contributed by atoms with E-state index in [0.717, 1.165) is 11.8 Å². The summed E-state index contributed by atoms with van der Waals surface area (Å²) in [5, 5.41) is 0. The fourth-order valence-corrected chi connectivity index (χ4v) is 6.71. The van der Waals surface area contributed by atoms with Crippen LogP contribution in [-0.4, -0.2) is 50.1 Å². The van der Waals surface area contributed by atoms with Crippen LogP contribution in [0.4, 0.5) is 0 Å². The number of benzene rings is 4. The molecule has 4 aromatic carbocycles. The van der Waals surface area contributed by atoms with Gasteiger partial charge in [-0.05, 0) is 147 Å². The Morgan fingerprint density at radius 2 is 0.773 bits per heavy atom. The smallest absolute Gasteiger partial charge is 0.0178 e. The number of hydrogen-bond donors (Lipinski definition) is 2. The van der Waals surface area contributed by atoms with Crippen LogP contribution >= 0.6 is 0 Å². The van der Waals surface area contributed by atoms with Crippen LogP contribution in [-0.2, 0) is 25.9 Å². The second-order valence-corrected chi connectivity index (χ2v) is 13.1. The Balaban J connectivity index is 0.000000175. The van der Waals surface area contributed by atoms with Gasteiger partial charge in [-0.3, -0.25) is 0 Å². The summed E-state index contributed by atoms with van der Waals surface area (Å²) in [6, 6.07) is 35.2. The van der Waals surface area contributed by atoms with E-state index in [1.165, 1.54) is 109 Å². The lowest BCUT2D eigenvalue weighted by atomic mass is 9.89. The fourth-order valence-electron chi connectivity index (χ4n) is 6.71. The van der Waals surface area contributed by atoms with E-state index >= 15 is 0 Å². The number of rotatable bonds is 8. The molecule has 2 aliphatic heterocycles. The predicted molar refractivity (Wildman–Crippen MR) is 187 cm³/mol. The Bertz CT molecular complexity index is 1340. The first kappa shape index (κ1) is 32.1. The van der Waals surface area contributed by atoms with Gasteiger partial charge in [0.15, 0.2) is 0 Å². The molecular formula is C40H52N4. The first-order valence-electron chi connectivity index (χ1n) is 16.6. The highest BCUT2D eigenvalue weighted by molar-refractivity contribution is 5.66. The second kappa shape index (κ2) is 16.2. The first-order chi connectivity index (χ1) is 21.5. The van der Waals surface area contributed by atoms with E-state index in [4.69, 9.17) is 11.5 Å². The zero-order chi connectivity index (χ0) is 30.7. The maximum Gasteiger partial charge on any atom is 0.0178 e. The van der Waals surface area contributed by atoms with E-state index in [-0.39, 0.29) is 0 Å². The van der Waals surface area contributed by atoms with Crippen molar-refractivity contribution in [2.24, 2.45) is 23.3 Å². The van der Waals surface area contributed by atoms with E-state index in [0.29, 0.717) is 13.1 Å². The zero-order valence-corrected chi connectivity index (χ0v) is 26.9. The van der Waals surface area contributed by atoms with Gasteiger partial charge in [-0.1, -0.05) is 84.9 Å². The maximum atomic E-state index is 5.76. The molecule has 232 valence electrons. The molecule has 0 aliphatic carbocycles. The SMILES string of the molecule is CN1CCC(Cc2cccc(-c3cccc(CN)c3)c2)CC1.CN1CCC(Cc2cccc(-c3cccc(CN)c3)c2)CC1. The van der Waals surface area contributed by atoms with Crippen LogP contribution in [0, 0.1) is 11.8 Å². The molecule has 0 unspecified atom stereocenters. The molecule has 4 nitrogen and oxygen atoms in total. The molecule has 0 amide bonds. The van der Waals surface area contributed by atoms with Crippen LogP contribution < -0.4 is 11.5 Å². The standard InChI is InChI=1S/2C20H26N2/c2*1-22-10-8-16(9-11-22)12-17-4-2-6-19(13-17)20-7-3-5-18(14-20)15-21/h2*2-7,13-14,16H,8-12,15,21H2,1H3. The molecule has 6 rings (SSSR count). The van der Waals surface area contributed by atoms with Gasteiger partial charge >= 0.3 is 0 Å². The zero-order valence-electron chi connectivity index (χ0n) is 26.9. The second-order valence-electron chi connectivity index (χ2n) is 13.1. The first-order valence-corrected chi connectivity index (χ1v) is 16.6. The molecule has 2 fully saturated rings. The molecule has 4 aromatic rings. The number of nitrogens with zero attached hydrogens (tertiary/aromatic N) is 2. The molecule has 0 radical (unpaired) electrons. The highest BCUT2D eigenvalue weighted by atomic mass is 15.1. The molecular weight excluding hydrogens is 536 g/mol. The molecule has 2 heterocycles. The average Bonchev–Trinajstić information content (AvgIpc) is 3.07. The molecule has 0 bridgehead atoms. The number of hydrogen-bond acceptors (Lipinski definition) is 4. The minimum atomic E-state index is 0.600. The van der Waals surface area contributed by atoms with Crippen molar-refractivity contribution < 1.29 is 0 Å². The third-order valence-corrected chi connectivity index (χ3v) is 9.57. The van der Waals surface area contributed by atoms with Gasteiger partial charge in [0.25, 0.3) is 0 Å². The molecule has 0 aromatic heterocycles. The van der Waals surface area contributed by atoms with E-state index in [1.807, 2.05) is 0 Å². The van der Waals surface area contributed by atoms with Gasteiger partial charge in [-0.15, -0.1) is 0 Å². The Labute approximate surface area is 266 Å². The summed E-state index contributed by atoms with van der Waals surface area (Å²) in [6.07, 6.45) is 7.70. The summed E-state index contributed by atoms with van der Waals surface area (Å²) < 4.78 is 0. The van der Waals surface area contributed by atoms with Crippen molar-refractivity contribution in [3.63, 3.8) is 0 Å². The Morgan fingerprint density at radius 3 is 1.09 bits per heavy atom. The summed E-state index contributed by atoms with van der Waals surface area (Å²) in [4.78, 5) is 4.87. The molecule has 0 spiro atoms. The van der Waals surface area contributed by atoms with Crippen LogP contribution in [0.25, 0.3) is 22.3 Å². The highest BCUT2D eigenvalue weighted by Crippen LogP contribution is 2.27. The summed E-state index contributed by atoms with van der Waals surface area (Å²) in [5.41, 5.74) is 22.0. The van der Waals surface area contributed by atoms with E-state index in [9.17, 15) is 0 Å². The minimum Gasteiger partial charge on any atom is -0.326 e. The third kappa shape index (κ3) is 9.36. The third-order valence-electron chi connectivity index (χ3n) is 9.57. The van der Waals surface area contributed by atoms with Crippen molar-refractivity contribution in [1.82, 2.24) is 9.80 Å². The molecule has 4 heteroatoms. The lowest BCUT2D eigenvalue weighted by Gasteiger charge is -2.29. The van der Waals surface area contributed by atoms with Crippen molar-refractivity contribution in [2.75, 3.05) is 40.3 Å². The molecule has 0 saturated carbocycles. The number of piperidine rings is 2. The minimum absolute atomic E-state index is 0.600. The van der Waals surface area contributed by atoms with Gasteiger partial charge in [0, 0.05) is 13.1 Å². The van der Waals surface area contributed by atoms with Gasteiger partial charge in [-0.2, -0.15) is 0 Å². The molecule has 2 saturated heterocycles. The highest BCUT2D eigenvalue weighted by Gasteiger charge is 2.18. The molecule has 4 N–H and O–H groups in total. The van der Waals surface area contributed by atoms with Gasteiger partial charge in [-0.25, -0.2) is 0 Å². The van der Waals surface area contributed by atoms with Crippen LogP contribution in [0.1, 0.15) is 47.9 Å². The summed E-state index contributed by atoms with van der Waals surface area (Å²) in [6.45, 7) is 6.16. The summed E-state index contributed by atoms with van der Waals surface area (Å²) in [7, 11) is 4.45. The predicted octanol–water partition coefficient (Wildman–Crippen LogP) is 7.39. The topological polar surface area (TPSA) is 58.5 Å². The van der Waals surface area contributed by atoms with Crippen LogP contribution in [0.2, 0.25) is 0 Å². The lowest BCUT2D eigenvalue weighted by Crippen LogP contribution is -2.30. The lowest BCUT2D eigenvalue weighted by molar-refractivity contribution is 0.219. The van der Waals surface area contributed by atoms with E-state index in [2.05, 4.69) is 121 Å². The summed E-state index contributed by atoms with van der Waals surface area (Å²) in [5.74, 6) is 1.67. The average molecular weight is 589 g/mol. The number of likely N-dealkylation sites (tertiary alicyclic amines) is 2. The molecule has 0 atom stereocenters. The largest absolute Gasteiger partial charge is 0.326 e. The maximum absolute atomic E-state index is 5.76. The van der Waals surface area contributed by atoms with Crippen LogP contribution in [0.5, 0.6) is 0 Å². The Kier molecular flexibility index (Phi) is 11.8. The van der Waals surface area contributed by atoms with E-state index in [1.54, 1.807) is 0 Å². The monoisotopic (exact) mass is 588 g/mol. The fraction of sp³-hybridized carbons (Fsp3) is 0.400.